The summed E-state index contributed by atoms with van der Waals surface area (Å²) in [5.74, 6) is 0.992. The highest BCUT2D eigenvalue weighted by Crippen LogP contribution is 2.17. The summed E-state index contributed by atoms with van der Waals surface area (Å²) in [6.07, 6.45) is 0.616. The van der Waals surface area contributed by atoms with Crippen molar-refractivity contribution in [1.82, 2.24) is 5.32 Å². The predicted molar refractivity (Wildman–Crippen MR) is 72.7 cm³/mol. The Kier molecular flexibility index (Phi) is 6.73. The summed E-state index contributed by atoms with van der Waals surface area (Å²) in [5.41, 5.74) is 0.909. The highest BCUT2D eigenvalue weighted by Gasteiger charge is 2.11. The van der Waals surface area contributed by atoms with Gasteiger partial charge in [-0.15, -0.1) is 0 Å². The first kappa shape index (κ1) is 14.6. The van der Waals surface area contributed by atoms with Crippen molar-refractivity contribution < 1.29 is 9.32 Å². The normalized spacial score (nSPS) is 14.5. The highest BCUT2D eigenvalue weighted by molar-refractivity contribution is 7.84. The number of hydrogen-bond donors (Lipinski definition) is 2. The zero-order valence-corrected chi connectivity index (χ0v) is 11.4. The molecule has 0 aliphatic carbocycles. The van der Waals surface area contributed by atoms with Crippen LogP contribution in [0, 0.1) is 0 Å². The molecule has 17 heavy (non-hydrogen) atoms. The molecule has 0 spiro atoms. The topological polar surface area (TPSA) is 49.3 Å². The van der Waals surface area contributed by atoms with Gasteiger partial charge in [-0.25, -0.2) is 0 Å². The van der Waals surface area contributed by atoms with Crippen LogP contribution in [0.15, 0.2) is 24.3 Å². The summed E-state index contributed by atoms with van der Waals surface area (Å²) in [4.78, 5) is 0. The summed E-state index contributed by atoms with van der Waals surface area (Å²) in [7, 11) is 0.842. The molecule has 1 aromatic rings. The number of benzene rings is 1. The van der Waals surface area contributed by atoms with Gasteiger partial charge in [0.05, 0.1) is 5.75 Å². The van der Waals surface area contributed by atoms with Crippen LogP contribution in [0.5, 0.6) is 0 Å². The van der Waals surface area contributed by atoms with E-state index in [1.165, 1.54) is 0 Å². The van der Waals surface area contributed by atoms with Crippen LogP contribution in [-0.4, -0.2) is 34.8 Å². The van der Waals surface area contributed by atoms with Gasteiger partial charge in [0.1, 0.15) is 0 Å². The lowest BCUT2D eigenvalue weighted by atomic mass is 10.2. The van der Waals surface area contributed by atoms with Crippen LogP contribution in [-0.2, 0) is 16.6 Å². The van der Waals surface area contributed by atoms with E-state index in [0.717, 1.165) is 5.56 Å². The van der Waals surface area contributed by atoms with Crippen molar-refractivity contribution >= 4 is 22.4 Å². The van der Waals surface area contributed by atoms with Crippen molar-refractivity contribution in [3.8, 4) is 0 Å². The van der Waals surface area contributed by atoms with Gasteiger partial charge in [-0.2, -0.15) is 0 Å². The molecular formula is C12H18ClNO2S. The molecule has 0 bridgehead atoms. The molecule has 0 aromatic heterocycles. The van der Waals surface area contributed by atoms with Crippen molar-refractivity contribution in [2.75, 3.05) is 19.4 Å². The standard InChI is InChI=1S/C12H18ClNO2S/c1-14-11(6-7-15)9-17(16)8-10-4-2-3-5-12(10)13/h2-5,11,14-15H,6-9H2,1H3. The van der Waals surface area contributed by atoms with Crippen LogP contribution >= 0.6 is 11.6 Å². The lowest BCUT2D eigenvalue weighted by Crippen LogP contribution is -2.32. The molecule has 0 heterocycles. The fourth-order valence-corrected chi connectivity index (χ4v) is 3.32. The molecular weight excluding hydrogens is 258 g/mol. The number of aliphatic hydroxyl groups excluding tert-OH is 1. The van der Waals surface area contributed by atoms with E-state index in [-0.39, 0.29) is 12.6 Å². The van der Waals surface area contributed by atoms with Gasteiger partial charge < -0.3 is 10.4 Å². The number of aliphatic hydroxyl groups is 1. The Morgan fingerprint density at radius 2 is 2.18 bits per heavy atom. The van der Waals surface area contributed by atoms with E-state index in [1.807, 2.05) is 25.2 Å². The lowest BCUT2D eigenvalue weighted by molar-refractivity contribution is 0.272. The minimum atomic E-state index is -0.971. The first-order chi connectivity index (χ1) is 8.17. The SMILES string of the molecule is CNC(CCO)CS(=O)Cc1ccccc1Cl. The molecule has 0 fully saturated rings. The van der Waals surface area contributed by atoms with Crippen LogP contribution in [0.1, 0.15) is 12.0 Å². The van der Waals surface area contributed by atoms with Gasteiger partial charge in [-0.1, -0.05) is 29.8 Å². The van der Waals surface area contributed by atoms with Crippen molar-refractivity contribution in [2.24, 2.45) is 0 Å². The summed E-state index contributed by atoms with van der Waals surface area (Å²) in [5, 5.41) is 12.6. The summed E-state index contributed by atoms with van der Waals surface area (Å²) >= 11 is 6.01. The third-order valence-corrected chi connectivity index (χ3v) is 4.32. The van der Waals surface area contributed by atoms with Crippen LogP contribution in [0.3, 0.4) is 0 Å². The number of hydrogen-bond acceptors (Lipinski definition) is 3. The molecule has 2 unspecified atom stereocenters. The van der Waals surface area contributed by atoms with E-state index in [1.54, 1.807) is 6.07 Å². The Balaban J connectivity index is 2.52. The third kappa shape index (κ3) is 5.17. The average molecular weight is 276 g/mol. The Labute approximate surface area is 110 Å². The second-order valence-corrected chi connectivity index (χ2v) is 5.75. The van der Waals surface area contributed by atoms with Gasteiger partial charge in [0.15, 0.2) is 0 Å². The molecule has 0 amide bonds. The van der Waals surface area contributed by atoms with Crippen LogP contribution < -0.4 is 5.32 Å². The lowest BCUT2D eigenvalue weighted by Gasteiger charge is -2.14. The maximum Gasteiger partial charge on any atom is 0.0501 e. The van der Waals surface area contributed by atoms with Gasteiger partial charge >= 0.3 is 0 Å². The Morgan fingerprint density at radius 1 is 1.47 bits per heavy atom. The maximum atomic E-state index is 11.9. The molecule has 96 valence electrons. The Morgan fingerprint density at radius 3 is 2.76 bits per heavy atom. The highest BCUT2D eigenvalue weighted by atomic mass is 35.5. The number of rotatable bonds is 7. The van der Waals surface area contributed by atoms with Gasteiger partial charge in [-0.05, 0) is 25.1 Å². The fraction of sp³-hybridized carbons (Fsp3) is 0.500. The van der Waals surface area contributed by atoms with Crippen molar-refractivity contribution in [3.05, 3.63) is 34.9 Å². The van der Waals surface area contributed by atoms with Crippen LogP contribution in [0.25, 0.3) is 0 Å². The molecule has 0 aliphatic heterocycles. The van der Waals surface area contributed by atoms with E-state index in [4.69, 9.17) is 16.7 Å². The van der Waals surface area contributed by atoms with E-state index < -0.39 is 10.8 Å². The zero-order chi connectivity index (χ0) is 12.7. The third-order valence-electron chi connectivity index (χ3n) is 2.55. The minimum Gasteiger partial charge on any atom is -0.396 e. The van der Waals surface area contributed by atoms with Gasteiger partial charge in [0.2, 0.25) is 0 Å². The van der Waals surface area contributed by atoms with Gasteiger partial charge in [-0.3, -0.25) is 4.21 Å². The zero-order valence-electron chi connectivity index (χ0n) is 9.86. The summed E-state index contributed by atoms with van der Waals surface area (Å²) < 4.78 is 11.9. The van der Waals surface area contributed by atoms with Gasteiger partial charge in [0.25, 0.3) is 0 Å². The summed E-state index contributed by atoms with van der Waals surface area (Å²) in [6.45, 7) is 0.106. The van der Waals surface area contributed by atoms with Crippen LogP contribution in [0.4, 0.5) is 0 Å². The fourth-order valence-electron chi connectivity index (χ4n) is 1.54. The first-order valence-corrected chi connectivity index (χ1v) is 7.40. The van der Waals surface area contributed by atoms with E-state index in [9.17, 15) is 4.21 Å². The molecule has 2 atom stereocenters. The van der Waals surface area contributed by atoms with Crippen LogP contribution in [0.2, 0.25) is 5.02 Å². The predicted octanol–water partition coefficient (Wildman–Crippen LogP) is 1.56. The number of nitrogens with one attached hydrogen (secondary N) is 1. The monoisotopic (exact) mass is 275 g/mol. The average Bonchev–Trinajstić information content (AvgIpc) is 2.31. The quantitative estimate of drug-likeness (QED) is 0.794. The largest absolute Gasteiger partial charge is 0.396 e. The molecule has 1 aromatic carbocycles. The van der Waals surface area contributed by atoms with Crippen molar-refractivity contribution in [3.63, 3.8) is 0 Å². The van der Waals surface area contributed by atoms with Crippen molar-refractivity contribution in [1.29, 1.82) is 0 Å². The molecule has 2 N–H and O–H groups in total. The molecule has 0 saturated carbocycles. The first-order valence-electron chi connectivity index (χ1n) is 5.54. The van der Waals surface area contributed by atoms with Gasteiger partial charge in [0, 0.05) is 34.2 Å². The number of halogens is 1. The minimum absolute atomic E-state index is 0.0864. The molecule has 0 radical (unpaired) electrons. The maximum absolute atomic E-state index is 11.9. The Hall–Kier alpha value is -0.420. The smallest absolute Gasteiger partial charge is 0.0501 e. The molecule has 1 rings (SSSR count). The van der Waals surface area contributed by atoms with E-state index >= 15 is 0 Å². The van der Waals surface area contributed by atoms with E-state index in [2.05, 4.69) is 5.32 Å². The second-order valence-electron chi connectivity index (χ2n) is 3.84. The molecule has 3 nitrogen and oxygen atoms in total. The molecule has 5 heteroatoms. The Bertz CT molecular complexity index is 373. The summed E-state index contributed by atoms with van der Waals surface area (Å²) in [6, 6.07) is 7.53. The van der Waals surface area contributed by atoms with E-state index in [0.29, 0.717) is 22.9 Å². The second kappa shape index (κ2) is 7.82. The molecule has 0 saturated heterocycles. The molecule has 0 aliphatic rings. The van der Waals surface area contributed by atoms with Crippen molar-refractivity contribution in [2.45, 2.75) is 18.2 Å².